The Morgan fingerprint density at radius 1 is 1.29 bits per heavy atom. The van der Waals surface area contributed by atoms with Gasteiger partial charge in [-0.25, -0.2) is 4.39 Å². The monoisotopic (exact) mass is 287 g/mol. The first kappa shape index (κ1) is 14.9. The number of anilines is 1. The minimum atomic E-state index is -0.431. The quantitative estimate of drug-likeness (QED) is 0.942. The lowest BCUT2D eigenvalue weighted by Crippen LogP contribution is -2.25. The van der Waals surface area contributed by atoms with Crippen molar-refractivity contribution < 1.29 is 9.13 Å². The lowest BCUT2D eigenvalue weighted by Gasteiger charge is -2.23. The molecule has 2 rings (SSSR count). The lowest BCUT2D eigenvalue weighted by atomic mass is 10.2. The van der Waals surface area contributed by atoms with E-state index >= 15 is 0 Å². The maximum atomic E-state index is 13.0. The first-order valence-corrected chi connectivity index (χ1v) is 6.63. The van der Waals surface area contributed by atoms with Crippen molar-refractivity contribution in [1.29, 1.82) is 5.26 Å². The Hall–Kier alpha value is -2.48. The smallest absolute Gasteiger partial charge is 0.219 e. The van der Waals surface area contributed by atoms with E-state index in [0.717, 1.165) is 5.56 Å². The largest absolute Gasteiger partial charge is 0.472 e. The van der Waals surface area contributed by atoms with E-state index in [2.05, 4.69) is 6.07 Å². The Kier molecular flexibility index (Phi) is 3.90. The van der Waals surface area contributed by atoms with Gasteiger partial charge in [-0.15, -0.1) is 0 Å². The molecular formula is C16H18FN3O. The van der Waals surface area contributed by atoms with Crippen LogP contribution in [0.4, 0.5) is 10.1 Å². The first-order valence-electron chi connectivity index (χ1n) is 6.63. The Bertz CT molecular complexity index is 675. The van der Waals surface area contributed by atoms with Crippen LogP contribution in [0, 0.1) is 17.1 Å². The van der Waals surface area contributed by atoms with Crippen molar-refractivity contribution in [2.24, 2.45) is 0 Å². The molecular weight excluding hydrogens is 269 g/mol. The zero-order valence-electron chi connectivity index (χ0n) is 12.4. The van der Waals surface area contributed by atoms with Gasteiger partial charge in [0.2, 0.25) is 5.88 Å². The van der Waals surface area contributed by atoms with Crippen molar-refractivity contribution in [2.45, 2.75) is 32.9 Å². The van der Waals surface area contributed by atoms with Crippen LogP contribution in [-0.4, -0.2) is 10.2 Å². The molecule has 2 N–H and O–H groups in total. The molecule has 0 aliphatic rings. The number of benzene rings is 1. The van der Waals surface area contributed by atoms with Crippen LogP contribution in [0.3, 0.4) is 0 Å². The zero-order valence-corrected chi connectivity index (χ0v) is 12.4. The standard InChI is InChI=1S/C16H18FN3O/c1-16(2,3)21-15-14(19)8-13(9-18)20(15)10-11-4-6-12(17)7-5-11/h4-8H,10,19H2,1-3H3. The number of aromatic nitrogens is 1. The Morgan fingerprint density at radius 2 is 1.90 bits per heavy atom. The Morgan fingerprint density at radius 3 is 2.43 bits per heavy atom. The van der Waals surface area contributed by atoms with E-state index < -0.39 is 5.60 Å². The molecule has 0 unspecified atom stereocenters. The summed E-state index contributed by atoms with van der Waals surface area (Å²) in [6.07, 6.45) is 0. The molecule has 21 heavy (non-hydrogen) atoms. The fraction of sp³-hybridized carbons (Fsp3) is 0.312. The minimum Gasteiger partial charge on any atom is -0.472 e. The minimum absolute atomic E-state index is 0.294. The summed E-state index contributed by atoms with van der Waals surface area (Å²) in [5.74, 6) is 0.167. The highest BCUT2D eigenvalue weighted by molar-refractivity contribution is 5.55. The predicted molar refractivity (Wildman–Crippen MR) is 79.4 cm³/mol. The van der Waals surface area contributed by atoms with Gasteiger partial charge >= 0.3 is 0 Å². The molecule has 1 heterocycles. The van der Waals surface area contributed by atoms with Crippen LogP contribution in [0.2, 0.25) is 0 Å². The van der Waals surface area contributed by atoms with E-state index in [1.165, 1.54) is 12.1 Å². The highest BCUT2D eigenvalue weighted by Gasteiger charge is 2.20. The lowest BCUT2D eigenvalue weighted by molar-refractivity contribution is 0.119. The molecule has 0 fully saturated rings. The molecule has 1 aromatic carbocycles. The summed E-state index contributed by atoms with van der Waals surface area (Å²) in [6, 6.07) is 9.81. The number of nitriles is 1. The van der Waals surface area contributed by atoms with Gasteiger partial charge in [0, 0.05) is 6.07 Å². The average molecular weight is 287 g/mol. The molecule has 0 aliphatic heterocycles. The third kappa shape index (κ3) is 3.54. The fourth-order valence-electron chi connectivity index (χ4n) is 1.98. The van der Waals surface area contributed by atoms with E-state index in [1.807, 2.05) is 20.8 Å². The Balaban J connectivity index is 2.41. The number of halogens is 1. The summed E-state index contributed by atoms with van der Waals surface area (Å²) in [5.41, 5.74) is 7.21. The van der Waals surface area contributed by atoms with Crippen molar-refractivity contribution in [1.82, 2.24) is 4.57 Å². The van der Waals surface area contributed by atoms with Crippen LogP contribution >= 0.6 is 0 Å². The third-order valence-electron chi connectivity index (χ3n) is 2.85. The SMILES string of the molecule is CC(C)(C)Oc1c(N)cc(C#N)n1Cc1ccc(F)cc1. The van der Waals surface area contributed by atoms with Crippen LogP contribution in [0.5, 0.6) is 5.88 Å². The van der Waals surface area contributed by atoms with E-state index in [4.69, 9.17) is 10.5 Å². The topological polar surface area (TPSA) is 64.0 Å². The molecule has 2 aromatic rings. The molecule has 5 heteroatoms. The molecule has 0 spiro atoms. The summed E-state index contributed by atoms with van der Waals surface area (Å²) in [7, 11) is 0. The summed E-state index contributed by atoms with van der Waals surface area (Å²) >= 11 is 0. The van der Waals surface area contributed by atoms with Crippen LogP contribution in [0.15, 0.2) is 30.3 Å². The molecule has 0 saturated carbocycles. The van der Waals surface area contributed by atoms with E-state index in [1.54, 1.807) is 22.8 Å². The van der Waals surface area contributed by atoms with Crippen LogP contribution in [0.1, 0.15) is 32.0 Å². The molecule has 0 saturated heterocycles. The fourth-order valence-corrected chi connectivity index (χ4v) is 1.98. The number of rotatable bonds is 3. The van der Waals surface area contributed by atoms with Gasteiger partial charge in [0.1, 0.15) is 23.2 Å². The molecule has 0 bridgehead atoms. The summed E-state index contributed by atoms with van der Waals surface area (Å²) in [6.45, 7) is 6.13. The molecule has 4 nitrogen and oxygen atoms in total. The zero-order chi connectivity index (χ0) is 15.6. The molecule has 0 radical (unpaired) electrons. The van der Waals surface area contributed by atoms with Gasteiger partial charge < -0.3 is 10.5 Å². The Labute approximate surface area is 123 Å². The normalized spacial score (nSPS) is 11.2. The number of nitrogens with zero attached hydrogens (tertiary/aromatic N) is 2. The maximum Gasteiger partial charge on any atom is 0.219 e. The first-order chi connectivity index (χ1) is 9.80. The second-order valence-corrected chi connectivity index (χ2v) is 5.83. The molecule has 0 amide bonds. The van der Waals surface area contributed by atoms with Crippen LogP contribution in [0.25, 0.3) is 0 Å². The maximum absolute atomic E-state index is 13.0. The average Bonchev–Trinajstić information content (AvgIpc) is 2.68. The van der Waals surface area contributed by atoms with Crippen molar-refractivity contribution in [3.63, 3.8) is 0 Å². The van der Waals surface area contributed by atoms with Crippen molar-refractivity contribution in [2.75, 3.05) is 5.73 Å². The van der Waals surface area contributed by atoms with E-state index in [0.29, 0.717) is 23.8 Å². The predicted octanol–water partition coefficient (Wildman–Crippen LogP) is 3.31. The van der Waals surface area contributed by atoms with E-state index in [-0.39, 0.29) is 5.82 Å². The van der Waals surface area contributed by atoms with Gasteiger partial charge in [-0.3, -0.25) is 4.57 Å². The number of hydrogen-bond acceptors (Lipinski definition) is 3. The van der Waals surface area contributed by atoms with Crippen molar-refractivity contribution in [3.8, 4) is 11.9 Å². The summed E-state index contributed by atoms with van der Waals surface area (Å²) < 4.78 is 20.5. The van der Waals surface area contributed by atoms with Crippen molar-refractivity contribution >= 4 is 5.69 Å². The summed E-state index contributed by atoms with van der Waals surface area (Å²) in [4.78, 5) is 0. The second-order valence-electron chi connectivity index (χ2n) is 5.83. The van der Waals surface area contributed by atoms with Gasteiger partial charge in [-0.05, 0) is 38.5 Å². The van der Waals surface area contributed by atoms with Gasteiger partial charge in [0.05, 0.1) is 12.2 Å². The van der Waals surface area contributed by atoms with E-state index in [9.17, 15) is 9.65 Å². The van der Waals surface area contributed by atoms with Crippen molar-refractivity contribution in [3.05, 3.63) is 47.4 Å². The molecule has 1 aromatic heterocycles. The number of ether oxygens (including phenoxy) is 1. The highest BCUT2D eigenvalue weighted by Crippen LogP contribution is 2.30. The number of nitrogen functional groups attached to an aromatic ring is 1. The number of nitrogens with two attached hydrogens (primary N) is 1. The number of hydrogen-bond donors (Lipinski definition) is 1. The molecule has 0 aliphatic carbocycles. The highest BCUT2D eigenvalue weighted by atomic mass is 19.1. The van der Waals surface area contributed by atoms with Crippen LogP contribution in [-0.2, 0) is 6.54 Å². The molecule has 110 valence electrons. The van der Waals surface area contributed by atoms with Gasteiger partial charge in [0.25, 0.3) is 0 Å². The second kappa shape index (κ2) is 5.49. The van der Waals surface area contributed by atoms with Crippen LogP contribution < -0.4 is 10.5 Å². The van der Waals surface area contributed by atoms with Gasteiger partial charge in [0.15, 0.2) is 0 Å². The van der Waals surface area contributed by atoms with Gasteiger partial charge in [-0.1, -0.05) is 12.1 Å². The molecule has 0 atom stereocenters. The third-order valence-corrected chi connectivity index (χ3v) is 2.85. The summed E-state index contributed by atoms with van der Waals surface area (Å²) in [5, 5.41) is 9.23. The van der Waals surface area contributed by atoms with Gasteiger partial charge in [-0.2, -0.15) is 5.26 Å².